The van der Waals surface area contributed by atoms with E-state index in [0.717, 1.165) is 25.7 Å². The van der Waals surface area contributed by atoms with Crippen LogP contribution in [0.5, 0.6) is 0 Å². The molecule has 4 nitrogen and oxygen atoms in total. The minimum Gasteiger partial charge on any atom is -0.328 e. The van der Waals surface area contributed by atoms with Gasteiger partial charge in [-0.05, 0) is 25.7 Å². The molecule has 1 aromatic rings. The summed E-state index contributed by atoms with van der Waals surface area (Å²) >= 11 is 0. The van der Waals surface area contributed by atoms with Crippen LogP contribution in [0, 0.1) is 11.3 Å². The molecule has 0 amide bonds. The molecule has 1 aromatic heterocycles. The first kappa shape index (κ1) is 9.22. The van der Waals surface area contributed by atoms with E-state index < -0.39 is 0 Å². The summed E-state index contributed by atoms with van der Waals surface area (Å²) in [5.74, 6) is 0. The van der Waals surface area contributed by atoms with Gasteiger partial charge in [-0.15, -0.1) is 0 Å². The average molecular weight is 190 g/mol. The summed E-state index contributed by atoms with van der Waals surface area (Å²) in [6.07, 6.45) is 7.80. The molecule has 0 saturated heterocycles. The molecule has 4 heteroatoms. The number of hydrogen-bond donors (Lipinski definition) is 1. The molecule has 2 N–H and O–H groups in total. The maximum atomic E-state index is 8.67. The van der Waals surface area contributed by atoms with Crippen LogP contribution in [0.3, 0.4) is 0 Å². The Labute approximate surface area is 83.3 Å². The second-order valence-corrected chi connectivity index (χ2v) is 3.90. The van der Waals surface area contributed by atoms with Gasteiger partial charge in [-0.2, -0.15) is 10.4 Å². The number of rotatable bonds is 1. The Morgan fingerprint density at radius 1 is 1.57 bits per heavy atom. The van der Waals surface area contributed by atoms with Crippen molar-refractivity contribution in [2.24, 2.45) is 5.73 Å². The van der Waals surface area contributed by atoms with Crippen molar-refractivity contribution in [2.45, 2.75) is 37.8 Å². The zero-order valence-electron chi connectivity index (χ0n) is 8.06. The van der Waals surface area contributed by atoms with Gasteiger partial charge in [0, 0.05) is 12.2 Å². The van der Waals surface area contributed by atoms with E-state index in [0.29, 0.717) is 17.6 Å². The van der Waals surface area contributed by atoms with E-state index in [9.17, 15) is 0 Å². The predicted molar refractivity (Wildman–Crippen MR) is 52.4 cm³/mol. The fourth-order valence-electron chi connectivity index (χ4n) is 2.04. The summed E-state index contributed by atoms with van der Waals surface area (Å²) in [5, 5.41) is 12.9. The van der Waals surface area contributed by atoms with Crippen LogP contribution in [0.1, 0.15) is 37.3 Å². The average Bonchev–Trinajstić information content (AvgIpc) is 2.66. The maximum Gasteiger partial charge on any atom is 0.102 e. The van der Waals surface area contributed by atoms with Crippen LogP contribution in [0.25, 0.3) is 0 Å². The van der Waals surface area contributed by atoms with Crippen molar-refractivity contribution in [1.29, 1.82) is 5.26 Å². The topological polar surface area (TPSA) is 67.6 Å². The lowest BCUT2D eigenvalue weighted by Gasteiger charge is -2.26. The van der Waals surface area contributed by atoms with Gasteiger partial charge in [-0.25, -0.2) is 0 Å². The molecule has 1 fully saturated rings. The van der Waals surface area contributed by atoms with Gasteiger partial charge in [-0.3, -0.25) is 4.68 Å². The van der Waals surface area contributed by atoms with Gasteiger partial charge in [0.25, 0.3) is 0 Å². The van der Waals surface area contributed by atoms with Crippen LogP contribution in [0.4, 0.5) is 0 Å². The van der Waals surface area contributed by atoms with Crippen molar-refractivity contribution in [2.75, 3.05) is 0 Å². The van der Waals surface area contributed by atoms with E-state index in [1.807, 2.05) is 10.9 Å². The summed E-state index contributed by atoms with van der Waals surface area (Å²) in [5.41, 5.74) is 6.52. The number of nitrogens with two attached hydrogens (primary N) is 1. The summed E-state index contributed by atoms with van der Waals surface area (Å²) in [7, 11) is 0. The van der Waals surface area contributed by atoms with Crippen molar-refractivity contribution in [1.82, 2.24) is 9.78 Å². The van der Waals surface area contributed by atoms with Crippen LogP contribution in [0.15, 0.2) is 12.4 Å². The Balaban J connectivity index is 2.10. The second-order valence-electron chi connectivity index (χ2n) is 3.90. The van der Waals surface area contributed by atoms with Crippen LogP contribution < -0.4 is 5.73 Å². The molecule has 2 unspecified atom stereocenters. The summed E-state index contributed by atoms with van der Waals surface area (Å²) in [6.45, 7) is 0. The minimum atomic E-state index is 0.295. The molecule has 0 aliphatic heterocycles. The molecule has 2 atom stereocenters. The Hall–Kier alpha value is -1.34. The van der Waals surface area contributed by atoms with Crippen molar-refractivity contribution in [3.63, 3.8) is 0 Å². The van der Waals surface area contributed by atoms with Gasteiger partial charge in [0.1, 0.15) is 6.07 Å². The highest BCUT2D eigenvalue weighted by molar-refractivity contribution is 5.21. The van der Waals surface area contributed by atoms with Gasteiger partial charge in [-0.1, -0.05) is 0 Å². The third-order valence-electron chi connectivity index (χ3n) is 2.79. The van der Waals surface area contributed by atoms with Crippen LogP contribution in [0.2, 0.25) is 0 Å². The third-order valence-corrected chi connectivity index (χ3v) is 2.79. The predicted octanol–water partition coefficient (Wildman–Crippen LogP) is 1.20. The van der Waals surface area contributed by atoms with Crippen molar-refractivity contribution < 1.29 is 0 Å². The maximum absolute atomic E-state index is 8.67. The molecule has 1 aliphatic rings. The quantitative estimate of drug-likeness (QED) is 0.723. The standard InChI is InChI=1S/C10H14N4/c11-5-8-6-13-14(7-8)10-3-1-2-9(12)4-10/h6-7,9-10H,1-4,12H2. The summed E-state index contributed by atoms with van der Waals surface area (Å²) < 4.78 is 1.89. The van der Waals surface area contributed by atoms with Crippen molar-refractivity contribution in [3.8, 4) is 6.07 Å². The van der Waals surface area contributed by atoms with E-state index in [4.69, 9.17) is 11.0 Å². The Morgan fingerprint density at radius 3 is 3.07 bits per heavy atom. The Kier molecular flexibility index (Phi) is 2.51. The molecule has 0 spiro atoms. The molecular formula is C10H14N4. The minimum absolute atomic E-state index is 0.295. The number of aromatic nitrogens is 2. The highest BCUT2D eigenvalue weighted by Crippen LogP contribution is 2.26. The first-order valence-corrected chi connectivity index (χ1v) is 4.99. The third kappa shape index (κ3) is 1.78. The smallest absolute Gasteiger partial charge is 0.102 e. The van der Waals surface area contributed by atoms with Gasteiger partial charge in [0.05, 0.1) is 17.8 Å². The molecule has 1 saturated carbocycles. The van der Waals surface area contributed by atoms with Crippen LogP contribution >= 0.6 is 0 Å². The lowest BCUT2D eigenvalue weighted by molar-refractivity contribution is 0.300. The first-order valence-electron chi connectivity index (χ1n) is 4.99. The fourth-order valence-corrected chi connectivity index (χ4v) is 2.04. The second kappa shape index (κ2) is 3.81. The SMILES string of the molecule is N#Cc1cnn(C2CCCC(N)C2)c1. The largest absolute Gasteiger partial charge is 0.328 e. The number of hydrogen-bond acceptors (Lipinski definition) is 3. The first-order chi connectivity index (χ1) is 6.79. The molecule has 0 bridgehead atoms. The summed E-state index contributed by atoms with van der Waals surface area (Å²) in [4.78, 5) is 0. The molecule has 14 heavy (non-hydrogen) atoms. The lowest BCUT2D eigenvalue weighted by atomic mass is 9.92. The highest BCUT2D eigenvalue weighted by atomic mass is 15.3. The summed E-state index contributed by atoms with van der Waals surface area (Å²) in [6, 6.07) is 2.77. The fraction of sp³-hybridized carbons (Fsp3) is 0.600. The zero-order chi connectivity index (χ0) is 9.97. The zero-order valence-corrected chi connectivity index (χ0v) is 8.06. The molecular weight excluding hydrogens is 176 g/mol. The Bertz CT molecular complexity index is 349. The Morgan fingerprint density at radius 2 is 2.43 bits per heavy atom. The lowest BCUT2D eigenvalue weighted by Crippen LogP contribution is -2.29. The van der Waals surface area contributed by atoms with E-state index in [2.05, 4.69) is 11.2 Å². The van der Waals surface area contributed by atoms with Crippen molar-refractivity contribution >= 4 is 0 Å². The van der Waals surface area contributed by atoms with Crippen molar-refractivity contribution in [3.05, 3.63) is 18.0 Å². The van der Waals surface area contributed by atoms with E-state index >= 15 is 0 Å². The molecule has 2 rings (SSSR count). The molecule has 1 heterocycles. The number of nitriles is 1. The normalized spacial score (nSPS) is 27.1. The monoisotopic (exact) mass is 190 g/mol. The molecule has 1 aliphatic carbocycles. The molecule has 0 radical (unpaired) electrons. The van der Waals surface area contributed by atoms with Gasteiger partial charge in [0.15, 0.2) is 0 Å². The van der Waals surface area contributed by atoms with Crippen LogP contribution in [-0.2, 0) is 0 Å². The highest BCUT2D eigenvalue weighted by Gasteiger charge is 2.21. The molecule has 0 aromatic carbocycles. The van der Waals surface area contributed by atoms with E-state index in [-0.39, 0.29) is 0 Å². The van der Waals surface area contributed by atoms with E-state index in [1.54, 1.807) is 6.20 Å². The number of nitrogens with zero attached hydrogens (tertiary/aromatic N) is 3. The van der Waals surface area contributed by atoms with Crippen LogP contribution in [-0.4, -0.2) is 15.8 Å². The van der Waals surface area contributed by atoms with Gasteiger partial charge >= 0.3 is 0 Å². The van der Waals surface area contributed by atoms with Gasteiger partial charge < -0.3 is 5.73 Å². The molecule has 74 valence electrons. The van der Waals surface area contributed by atoms with E-state index in [1.165, 1.54) is 0 Å². The van der Waals surface area contributed by atoms with Gasteiger partial charge in [0.2, 0.25) is 0 Å².